The Bertz CT molecular complexity index is 228. The molecule has 2 nitrogen and oxygen atoms in total. The molecule has 0 saturated heterocycles. The molecule has 0 unspecified atom stereocenters. The van der Waals surface area contributed by atoms with Crippen LogP contribution in [0.3, 0.4) is 0 Å². The first-order valence-corrected chi connectivity index (χ1v) is 3.31. The molecule has 1 aromatic carbocycles. The summed E-state index contributed by atoms with van der Waals surface area (Å²) in [5.41, 5.74) is 0.618. The van der Waals surface area contributed by atoms with Crippen LogP contribution in [0.2, 0.25) is 0 Å². The van der Waals surface area contributed by atoms with E-state index in [1.165, 1.54) is 0 Å². The molecule has 0 N–H and O–H groups in total. The summed E-state index contributed by atoms with van der Waals surface area (Å²) in [6, 6.07) is 8.89. The minimum atomic E-state index is -1.14. The predicted molar refractivity (Wildman–Crippen MR) is 43.1 cm³/mol. The van der Waals surface area contributed by atoms with Crippen molar-refractivity contribution >= 4 is 12.6 Å². The second kappa shape index (κ2) is 6.32. The van der Waals surface area contributed by atoms with Gasteiger partial charge in [0, 0.05) is 0 Å². The largest absolute Gasteiger partial charge is 1.00 e. The minimum Gasteiger partial charge on any atom is -0.842 e. The van der Waals surface area contributed by atoms with Crippen LogP contribution in [0.1, 0.15) is 0 Å². The van der Waals surface area contributed by atoms with Gasteiger partial charge in [0.2, 0.25) is 0 Å². The molecule has 1 aromatic rings. The number of hydrogen-bond acceptors (Lipinski definition) is 2. The molecule has 56 valence electrons. The van der Waals surface area contributed by atoms with Crippen LogP contribution in [-0.4, -0.2) is 7.12 Å². The zero-order chi connectivity index (χ0) is 8.10. The fraction of sp³-hybridized carbons (Fsp3) is 0. The first-order chi connectivity index (χ1) is 5.34. The summed E-state index contributed by atoms with van der Waals surface area (Å²) < 4.78 is 4.64. The van der Waals surface area contributed by atoms with E-state index in [0.29, 0.717) is 5.46 Å². The molecule has 0 radical (unpaired) electrons. The van der Waals surface area contributed by atoms with Gasteiger partial charge in [-0.3, -0.25) is 0 Å². The molecule has 0 fully saturated rings. The fourth-order valence-electron chi connectivity index (χ4n) is 0.776. The summed E-state index contributed by atoms with van der Waals surface area (Å²) in [4.78, 5) is 0. The Morgan fingerprint density at radius 3 is 2.42 bits per heavy atom. The van der Waals surface area contributed by atoms with E-state index in [9.17, 15) is 5.02 Å². The third kappa shape index (κ3) is 3.45. The van der Waals surface area contributed by atoms with Crippen molar-refractivity contribution in [3.8, 4) is 0 Å². The van der Waals surface area contributed by atoms with Crippen LogP contribution in [0.4, 0.5) is 0 Å². The zero-order valence-electron chi connectivity index (χ0n) is 7.07. The standard InChI is InChI=1S/C8H8BO2.Na/c1-2-11-9(10)8-6-4-3-5-7-8;/h2-7H,1H2;/q-1;+1. The summed E-state index contributed by atoms with van der Waals surface area (Å²) >= 11 is 0. The average molecular weight is 170 g/mol. The molecular formula is C8H8BNaO2. The smallest absolute Gasteiger partial charge is 0.842 e. The van der Waals surface area contributed by atoms with Crippen molar-refractivity contribution in [3.63, 3.8) is 0 Å². The van der Waals surface area contributed by atoms with Gasteiger partial charge in [-0.1, -0.05) is 42.4 Å². The van der Waals surface area contributed by atoms with Crippen LogP contribution in [-0.2, 0) is 4.65 Å². The molecular weight excluding hydrogens is 162 g/mol. The summed E-state index contributed by atoms with van der Waals surface area (Å²) in [6.45, 7) is 3.30. The van der Waals surface area contributed by atoms with E-state index < -0.39 is 7.12 Å². The summed E-state index contributed by atoms with van der Waals surface area (Å²) in [5.74, 6) is 0. The molecule has 4 heteroatoms. The van der Waals surface area contributed by atoms with Gasteiger partial charge in [-0.05, 0) is 0 Å². The topological polar surface area (TPSA) is 32.3 Å². The molecule has 0 aromatic heterocycles. The molecule has 0 amide bonds. The summed E-state index contributed by atoms with van der Waals surface area (Å²) in [7, 11) is -1.14. The number of hydrogen-bond donors (Lipinski definition) is 0. The van der Waals surface area contributed by atoms with Crippen LogP contribution in [0, 0.1) is 0 Å². The van der Waals surface area contributed by atoms with Crippen molar-refractivity contribution in [1.29, 1.82) is 0 Å². The van der Waals surface area contributed by atoms with Gasteiger partial charge in [-0.15, -0.1) is 0 Å². The van der Waals surface area contributed by atoms with Crippen molar-refractivity contribution in [3.05, 3.63) is 43.2 Å². The molecule has 0 aliphatic heterocycles. The monoisotopic (exact) mass is 170 g/mol. The molecule has 0 atom stereocenters. The minimum absolute atomic E-state index is 0. The molecule has 0 saturated carbocycles. The van der Waals surface area contributed by atoms with Crippen molar-refractivity contribution < 1.29 is 39.2 Å². The maximum atomic E-state index is 11.0. The molecule has 0 aliphatic carbocycles. The quantitative estimate of drug-likeness (QED) is 0.355. The van der Waals surface area contributed by atoms with Gasteiger partial charge in [0.05, 0.1) is 6.26 Å². The Morgan fingerprint density at radius 2 is 1.92 bits per heavy atom. The predicted octanol–water partition coefficient (Wildman–Crippen LogP) is -3.09. The van der Waals surface area contributed by atoms with E-state index >= 15 is 0 Å². The molecule has 12 heavy (non-hydrogen) atoms. The van der Waals surface area contributed by atoms with Crippen LogP contribution in [0.25, 0.3) is 0 Å². The Morgan fingerprint density at radius 1 is 1.33 bits per heavy atom. The van der Waals surface area contributed by atoms with Crippen molar-refractivity contribution in [2.75, 3.05) is 0 Å². The van der Waals surface area contributed by atoms with Crippen LogP contribution < -0.4 is 40.0 Å². The maximum Gasteiger partial charge on any atom is 1.00 e. The summed E-state index contributed by atoms with van der Waals surface area (Å²) in [6.07, 6.45) is 1.16. The third-order valence-electron chi connectivity index (χ3n) is 1.29. The van der Waals surface area contributed by atoms with Crippen LogP contribution >= 0.6 is 0 Å². The molecule has 0 spiro atoms. The van der Waals surface area contributed by atoms with E-state index in [1.54, 1.807) is 24.3 Å². The van der Waals surface area contributed by atoms with Gasteiger partial charge in [0.15, 0.2) is 0 Å². The van der Waals surface area contributed by atoms with E-state index in [1.807, 2.05) is 6.07 Å². The molecule has 0 bridgehead atoms. The SMILES string of the molecule is C=COB([O-])c1ccccc1.[Na+]. The van der Waals surface area contributed by atoms with E-state index in [-0.39, 0.29) is 29.6 Å². The van der Waals surface area contributed by atoms with Gasteiger partial charge in [-0.25, -0.2) is 0 Å². The van der Waals surface area contributed by atoms with E-state index in [0.717, 1.165) is 6.26 Å². The number of benzene rings is 1. The van der Waals surface area contributed by atoms with Gasteiger partial charge in [0.25, 0.3) is 7.12 Å². The maximum absolute atomic E-state index is 11.0. The van der Waals surface area contributed by atoms with Crippen molar-refractivity contribution in [1.82, 2.24) is 0 Å². The zero-order valence-corrected chi connectivity index (χ0v) is 9.07. The number of rotatable bonds is 3. The molecule has 1 rings (SSSR count). The summed E-state index contributed by atoms with van der Waals surface area (Å²) in [5, 5.41) is 11.0. The fourth-order valence-corrected chi connectivity index (χ4v) is 0.776. The van der Waals surface area contributed by atoms with Crippen molar-refractivity contribution in [2.24, 2.45) is 0 Å². The molecule has 0 aliphatic rings. The van der Waals surface area contributed by atoms with E-state index in [2.05, 4.69) is 11.2 Å². The Kier molecular flexibility index (Phi) is 6.20. The normalized spacial score (nSPS) is 8.08. The van der Waals surface area contributed by atoms with Gasteiger partial charge >= 0.3 is 29.6 Å². The van der Waals surface area contributed by atoms with E-state index in [4.69, 9.17) is 0 Å². The van der Waals surface area contributed by atoms with Crippen molar-refractivity contribution in [2.45, 2.75) is 0 Å². The molecule has 0 heterocycles. The second-order valence-electron chi connectivity index (χ2n) is 2.05. The third-order valence-corrected chi connectivity index (χ3v) is 1.29. The Balaban J connectivity index is 0.00000121. The average Bonchev–Trinajstić information content (AvgIpc) is 2.07. The van der Waals surface area contributed by atoms with Gasteiger partial charge < -0.3 is 9.68 Å². The Labute approximate surface area is 94.7 Å². The van der Waals surface area contributed by atoms with Gasteiger partial charge in [-0.2, -0.15) is 0 Å². The van der Waals surface area contributed by atoms with Crippen LogP contribution in [0.15, 0.2) is 43.2 Å². The Hall–Kier alpha value is -0.215. The van der Waals surface area contributed by atoms with Gasteiger partial charge in [0.1, 0.15) is 0 Å². The first kappa shape index (κ1) is 11.8. The second-order valence-corrected chi connectivity index (χ2v) is 2.05. The van der Waals surface area contributed by atoms with Crippen LogP contribution in [0.5, 0.6) is 0 Å². The first-order valence-electron chi connectivity index (χ1n) is 3.31.